The van der Waals surface area contributed by atoms with Gasteiger partial charge in [0.05, 0.1) is 19.1 Å². The average Bonchev–Trinajstić information content (AvgIpc) is 3.16. The zero-order chi connectivity index (χ0) is 40.8. The van der Waals surface area contributed by atoms with Crippen molar-refractivity contribution in [1.29, 1.82) is 0 Å². The number of nitrogens with one attached hydrogen (secondary N) is 2. The summed E-state index contributed by atoms with van der Waals surface area (Å²) in [4.78, 5) is 63.8. The number of nitrogens with two attached hydrogens (primary N) is 1. The fraction of sp³-hybridized carbons (Fsp3) is 0.844. The minimum atomic E-state index is -0.556. The van der Waals surface area contributed by atoms with Crippen molar-refractivity contribution in [3.05, 3.63) is 12.2 Å². The van der Waals surface area contributed by atoms with Crippen molar-refractivity contribution in [2.45, 2.75) is 213 Å². The van der Waals surface area contributed by atoms with Gasteiger partial charge in [0.1, 0.15) is 5.78 Å². The highest BCUT2D eigenvalue weighted by atomic mass is 16.2. The fourth-order valence-corrected chi connectivity index (χ4v) is 7.09. The molecule has 0 aromatic rings. The second kappa shape index (κ2) is 38.3. The molecule has 0 radical (unpaired) electrons. The molecule has 0 saturated heterocycles. The van der Waals surface area contributed by atoms with E-state index in [1.54, 1.807) is 0 Å². The van der Waals surface area contributed by atoms with Gasteiger partial charge in [0.15, 0.2) is 5.78 Å². The lowest BCUT2D eigenvalue weighted by Gasteiger charge is -2.21. The first-order valence-corrected chi connectivity index (χ1v) is 22.8. The van der Waals surface area contributed by atoms with Gasteiger partial charge >= 0.3 is 0 Å². The van der Waals surface area contributed by atoms with E-state index in [0.29, 0.717) is 38.6 Å². The molecular weight excluding hydrogens is 691 g/mol. The molecule has 10 N–H and O–H groups in total. The van der Waals surface area contributed by atoms with Crippen molar-refractivity contribution in [3.63, 3.8) is 0 Å². The van der Waals surface area contributed by atoms with Crippen LogP contribution in [-0.4, -0.2) is 55.0 Å². The second-order valence-electron chi connectivity index (χ2n) is 16.0. The summed E-state index contributed by atoms with van der Waals surface area (Å²) in [5.41, 5.74) is 13.4. The van der Waals surface area contributed by atoms with Crippen molar-refractivity contribution in [2.24, 2.45) is 17.6 Å². The topological polar surface area (TPSA) is 191 Å². The highest BCUT2D eigenvalue weighted by Gasteiger charge is 2.27. The lowest BCUT2D eigenvalue weighted by molar-refractivity contribution is -0.369. The Kier molecular flexibility index (Phi) is 36.5. The zero-order valence-electron chi connectivity index (χ0n) is 35.8. The molecule has 0 aliphatic carbocycles. The first-order valence-electron chi connectivity index (χ1n) is 22.8. The normalized spacial score (nSPS) is 13.1. The molecule has 0 saturated carbocycles. The third-order valence-electron chi connectivity index (χ3n) is 10.7. The van der Waals surface area contributed by atoms with Gasteiger partial charge in [0.25, 0.3) is 0 Å². The van der Waals surface area contributed by atoms with Crippen LogP contribution in [0.3, 0.4) is 0 Å². The van der Waals surface area contributed by atoms with E-state index in [2.05, 4.69) is 48.1 Å². The maximum absolute atomic E-state index is 13.6. The predicted molar refractivity (Wildman–Crippen MR) is 226 cm³/mol. The summed E-state index contributed by atoms with van der Waals surface area (Å²) in [6, 6.07) is -0.556. The van der Waals surface area contributed by atoms with E-state index < -0.39 is 6.04 Å². The number of ketones is 2. The minimum Gasteiger partial charge on any atom is -0.369 e. The molecule has 10 heteroatoms. The Morgan fingerprint density at radius 2 is 1.09 bits per heavy atom. The lowest BCUT2D eigenvalue weighted by atomic mass is 9.91. The van der Waals surface area contributed by atoms with Gasteiger partial charge in [-0.25, -0.2) is 0 Å². The Morgan fingerprint density at radius 1 is 0.564 bits per heavy atom. The fourth-order valence-electron chi connectivity index (χ4n) is 7.09. The summed E-state index contributed by atoms with van der Waals surface area (Å²) in [7, 11) is 0. The maximum Gasteiger partial charge on any atom is 0.223 e. The van der Waals surface area contributed by atoms with Gasteiger partial charge in [0, 0.05) is 44.1 Å². The molecule has 0 spiro atoms. The van der Waals surface area contributed by atoms with Gasteiger partial charge in [-0.1, -0.05) is 109 Å². The Bertz CT molecular complexity index is 1020. The van der Waals surface area contributed by atoms with E-state index in [1.165, 1.54) is 32.1 Å². The molecule has 0 aliphatic rings. The first kappa shape index (κ1) is 52.4. The number of allylic oxidation sites excluding steroid dienone is 2. The Hall–Kier alpha value is -2.59. The molecule has 0 aromatic carbocycles. The molecule has 0 bridgehead atoms. The van der Waals surface area contributed by atoms with Gasteiger partial charge in [-0.3, -0.25) is 24.0 Å². The molecule has 0 aliphatic heterocycles. The van der Waals surface area contributed by atoms with E-state index in [4.69, 9.17) is 5.73 Å². The van der Waals surface area contributed by atoms with Gasteiger partial charge < -0.3 is 27.8 Å². The van der Waals surface area contributed by atoms with Crippen molar-refractivity contribution >= 4 is 29.3 Å². The number of hydrogen-bond acceptors (Lipinski definition) is 5. The van der Waals surface area contributed by atoms with Crippen molar-refractivity contribution < 1.29 is 35.4 Å². The molecule has 3 amide bonds. The quantitative estimate of drug-likeness (QED) is 0.0323. The van der Waals surface area contributed by atoms with E-state index >= 15 is 0 Å². The van der Waals surface area contributed by atoms with E-state index in [1.807, 2.05) is 0 Å². The number of carbonyl (C=O) groups is 5. The third-order valence-corrected chi connectivity index (χ3v) is 10.7. The van der Waals surface area contributed by atoms with E-state index in [9.17, 15) is 24.0 Å². The van der Waals surface area contributed by atoms with Crippen molar-refractivity contribution in [1.82, 2.24) is 10.6 Å². The first-order chi connectivity index (χ1) is 26.7. The number of unbranched alkanes of at least 4 members (excludes halogenated alkanes) is 17. The van der Waals surface area contributed by atoms with Crippen LogP contribution in [-0.2, 0) is 24.0 Å². The molecule has 0 fully saturated rings. The molecule has 3 unspecified atom stereocenters. The second-order valence-corrected chi connectivity index (χ2v) is 16.0. The van der Waals surface area contributed by atoms with Gasteiger partial charge in [-0.15, -0.1) is 0 Å². The monoisotopic (exact) mass is 778 g/mol. The summed E-state index contributed by atoms with van der Waals surface area (Å²) in [6.45, 7) is 6.54. The van der Waals surface area contributed by atoms with Crippen LogP contribution < -0.4 is 27.8 Å². The predicted octanol–water partition coefficient (Wildman–Crippen LogP) is 7.23. The summed E-state index contributed by atoms with van der Waals surface area (Å²) in [5.74, 6) is -1.06. The molecule has 10 nitrogen and oxygen atoms in total. The molecule has 0 heterocycles. The minimum absolute atomic E-state index is 0.0414. The average molecular weight is 778 g/mol. The van der Waals surface area contributed by atoms with Gasteiger partial charge in [-0.05, 0) is 83.5 Å². The summed E-state index contributed by atoms with van der Waals surface area (Å²) < 4.78 is 0. The van der Waals surface area contributed by atoms with E-state index in [-0.39, 0.29) is 47.5 Å². The largest absolute Gasteiger partial charge is 0.369 e. The molecule has 3 atom stereocenters. The Balaban J connectivity index is 4.52. The van der Waals surface area contributed by atoms with Crippen LogP contribution in [0.5, 0.6) is 0 Å². The van der Waals surface area contributed by atoms with Gasteiger partial charge in [-0.2, -0.15) is 0 Å². The number of rotatable bonds is 41. The molecule has 55 heavy (non-hydrogen) atoms. The highest BCUT2D eigenvalue weighted by Crippen LogP contribution is 2.19. The smallest absolute Gasteiger partial charge is 0.223 e. The SMILES string of the molecule is CCCCCC/C=C\CCCC(=O)NC(CCCC[NH3+])C(=O)CC(CCCC[NH3+])C(=O)NCCCCCCCCCCCC(=O)CC(CCCCC)C(N)=O. The Labute approximate surface area is 336 Å². The van der Waals surface area contributed by atoms with Crippen LogP contribution in [0.15, 0.2) is 12.2 Å². The summed E-state index contributed by atoms with van der Waals surface area (Å²) >= 11 is 0. The number of quaternary nitrogens is 2. The molecular formula is C45H87N5O5+2. The highest BCUT2D eigenvalue weighted by molar-refractivity contribution is 5.92. The summed E-state index contributed by atoms with van der Waals surface area (Å²) in [5, 5.41) is 6.13. The zero-order valence-corrected chi connectivity index (χ0v) is 35.8. The third kappa shape index (κ3) is 32.2. The number of Topliss-reactive ketones (excluding diaryl/α,β-unsaturated/α-hetero) is 2. The summed E-state index contributed by atoms with van der Waals surface area (Å²) in [6.07, 6.45) is 31.6. The number of carbonyl (C=O) groups excluding carboxylic acids is 5. The standard InChI is InChI=1S/C45H85N5O5/c1-3-5-7-8-9-11-15-18-22-32-43(53)50-41(31-24-26-34-47)42(52)37-39(29-23-25-33-46)45(55)49-35-27-19-16-13-10-12-14-17-21-30-40(51)36-38(44(48)54)28-20-6-4-2/h11,15,38-39,41H,3-10,12-14,16-37,46-47H2,1-2H3,(H2,48,54)(H,49,55)(H,50,53)/p+2/b15-11-. The van der Waals surface area contributed by atoms with Crippen molar-refractivity contribution in [3.8, 4) is 0 Å². The molecule has 0 rings (SSSR count). The van der Waals surface area contributed by atoms with Crippen molar-refractivity contribution in [2.75, 3.05) is 19.6 Å². The van der Waals surface area contributed by atoms with Crippen LogP contribution in [0.2, 0.25) is 0 Å². The lowest BCUT2D eigenvalue weighted by Crippen LogP contribution is -2.50. The van der Waals surface area contributed by atoms with Crippen LogP contribution >= 0.6 is 0 Å². The number of primary amides is 1. The van der Waals surface area contributed by atoms with Crippen LogP contribution in [0, 0.1) is 11.8 Å². The maximum atomic E-state index is 13.6. The van der Waals surface area contributed by atoms with Crippen LogP contribution in [0.1, 0.15) is 206 Å². The Morgan fingerprint density at radius 3 is 1.71 bits per heavy atom. The molecule has 320 valence electrons. The number of hydrogen-bond donors (Lipinski definition) is 5. The van der Waals surface area contributed by atoms with Gasteiger partial charge in [0.2, 0.25) is 17.7 Å². The molecule has 0 aromatic heterocycles. The van der Waals surface area contributed by atoms with E-state index in [0.717, 1.165) is 135 Å². The van der Waals surface area contributed by atoms with Crippen LogP contribution in [0.4, 0.5) is 0 Å². The number of amides is 3. The van der Waals surface area contributed by atoms with Crippen LogP contribution in [0.25, 0.3) is 0 Å².